The maximum Gasteiger partial charge on any atom is 0.261 e. The van der Waals surface area contributed by atoms with Crippen molar-refractivity contribution in [2.75, 3.05) is 19.1 Å². The highest BCUT2D eigenvalue weighted by Crippen LogP contribution is 2.28. The van der Waals surface area contributed by atoms with Gasteiger partial charge in [0.1, 0.15) is 0 Å². The zero-order valence-electron chi connectivity index (χ0n) is 18.9. The van der Waals surface area contributed by atoms with Gasteiger partial charge in [0.2, 0.25) is 5.91 Å². The van der Waals surface area contributed by atoms with E-state index < -0.39 is 26.3 Å². The Bertz CT molecular complexity index is 1090. The number of H-pyrrole nitrogens is 1. The van der Waals surface area contributed by atoms with Gasteiger partial charge in [-0.2, -0.15) is 21.9 Å². The number of nitrogens with two attached hydrogens (primary N) is 1. The van der Waals surface area contributed by atoms with Gasteiger partial charge in [-0.1, -0.05) is 26.8 Å². The fraction of sp³-hybridized carbons (Fsp3) is 0.579. The molecule has 0 bridgehead atoms. The number of aromatic nitrogens is 2. The number of hydrogen-bond acceptors (Lipinski definition) is 7. The quantitative estimate of drug-likeness (QED) is 0.447. The molecule has 2 aromatic rings. The lowest BCUT2D eigenvalue weighted by molar-refractivity contribution is -0.133. The molecule has 11 nitrogen and oxygen atoms in total. The highest BCUT2D eigenvalue weighted by Gasteiger charge is 2.28. The summed E-state index contributed by atoms with van der Waals surface area (Å²) in [7, 11) is -7.33. The van der Waals surface area contributed by atoms with E-state index in [9.17, 15) is 21.6 Å². The van der Waals surface area contributed by atoms with Crippen LogP contribution in [0.4, 0.5) is 0 Å². The number of rotatable bonds is 2. The second kappa shape index (κ2) is 10.7. The van der Waals surface area contributed by atoms with Crippen molar-refractivity contribution in [1.29, 1.82) is 0 Å². The zero-order chi connectivity index (χ0) is 24.9. The molecule has 13 heteroatoms. The predicted molar refractivity (Wildman–Crippen MR) is 122 cm³/mol. The van der Waals surface area contributed by atoms with Gasteiger partial charge in [-0.3, -0.25) is 19.0 Å². The molecule has 1 aromatic carbocycles. The van der Waals surface area contributed by atoms with E-state index in [1.165, 1.54) is 5.56 Å². The van der Waals surface area contributed by atoms with E-state index in [0.29, 0.717) is 25.5 Å². The Balaban J connectivity index is 0.000000431. The van der Waals surface area contributed by atoms with E-state index in [2.05, 4.69) is 37.0 Å². The Labute approximate surface area is 188 Å². The number of nitrogens with zero attached hydrogens (tertiary/aromatic N) is 2. The molecule has 1 aliphatic heterocycles. The maximum atomic E-state index is 12.6. The molecule has 0 aliphatic carbocycles. The van der Waals surface area contributed by atoms with Gasteiger partial charge in [0.05, 0.1) is 30.3 Å². The van der Waals surface area contributed by atoms with Gasteiger partial charge in [0, 0.05) is 18.5 Å². The molecule has 2 heterocycles. The standard InChI is InChI=1S/C17H24N4O.2CH4O3S/c1-17(2,3)6-7-21-10-13-11(8-14(18)16(21)22)4-5-15-12(13)9-19-20-15;2*1-5(2,3)4/h4-5,9,14H,6-8,10,18H2,1-3H3,(H,19,20);2*1H3,(H,2,3,4). The summed E-state index contributed by atoms with van der Waals surface area (Å²) in [5.41, 5.74) is 9.68. The van der Waals surface area contributed by atoms with Crippen molar-refractivity contribution in [3.63, 3.8) is 0 Å². The summed E-state index contributed by atoms with van der Waals surface area (Å²) in [6, 6.07) is 3.63. The molecule has 0 spiro atoms. The SMILES string of the molecule is CC(C)(C)CCN1Cc2c(ccc3[nH]ncc23)CC(N)C1=O.CS(=O)(=O)O.CS(=O)(=O)O. The monoisotopic (exact) mass is 492 g/mol. The molecule has 1 unspecified atom stereocenters. The molecule has 1 aliphatic rings. The third-order valence-corrected chi connectivity index (χ3v) is 4.38. The first-order valence-corrected chi connectivity index (χ1v) is 13.4. The number of fused-ring (bicyclic) bond motifs is 3. The molecule has 1 aromatic heterocycles. The second-order valence-corrected chi connectivity index (χ2v) is 11.8. The lowest BCUT2D eigenvalue weighted by atomic mass is 9.92. The summed E-state index contributed by atoms with van der Waals surface area (Å²) in [4.78, 5) is 14.5. The Kier molecular flexibility index (Phi) is 9.36. The van der Waals surface area contributed by atoms with E-state index in [1.54, 1.807) is 0 Å². The van der Waals surface area contributed by atoms with Gasteiger partial charge in [0.15, 0.2) is 0 Å². The minimum atomic E-state index is -3.67. The van der Waals surface area contributed by atoms with Crippen molar-refractivity contribution in [3.8, 4) is 0 Å². The van der Waals surface area contributed by atoms with Crippen LogP contribution in [-0.2, 0) is 38.0 Å². The maximum absolute atomic E-state index is 12.6. The molecule has 3 rings (SSSR count). The van der Waals surface area contributed by atoms with Gasteiger partial charge in [-0.25, -0.2) is 0 Å². The van der Waals surface area contributed by atoms with Crippen LogP contribution < -0.4 is 5.73 Å². The highest BCUT2D eigenvalue weighted by atomic mass is 32.2. The number of aromatic amines is 1. The van der Waals surface area contributed by atoms with Gasteiger partial charge in [-0.05, 0) is 35.4 Å². The number of benzene rings is 1. The zero-order valence-corrected chi connectivity index (χ0v) is 20.5. The second-order valence-electron chi connectivity index (χ2n) is 8.88. The molecule has 0 fully saturated rings. The Morgan fingerprint density at radius 2 is 1.69 bits per heavy atom. The van der Waals surface area contributed by atoms with Crippen molar-refractivity contribution in [1.82, 2.24) is 15.1 Å². The van der Waals surface area contributed by atoms with Crippen LogP contribution in [0.3, 0.4) is 0 Å². The largest absolute Gasteiger partial charge is 0.337 e. The van der Waals surface area contributed by atoms with Crippen LogP contribution in [0.1, 0.15) is 38.3 Å². The van der Waals surface area contributed by atoms with Crippen LogP contribution in [0, 0.1) is 5.41 Å². The van der Waals surface area contributed by atoms with Crippen molar-refractivity contribution >= 4 is 37.0 Å². The van der Waals surface area contributed by atoms with E-state index in [4.69, 9.17) is 14.8 Å². The van der Waals surface area contributed by atoms with Gasteiger partial charge < -0.3 is 10.6 Å². The van der Waals surface area contributed by atoms with Crippen LogP contribution in [0.5, 0.6) is 0 Å². The smallest absolute Gasteiger partial charge is 0.261 e. The fourth-order valence-corrected chi connectivity index (χ4v) is 2.99. The van der Waals surface area contributed by atoms with E-state index >= 15 is 0 Å². The first-order valence-electron chi connectivity index (χ1n) is 9.68. The number of carbonyl (C=O) groups excluding carboxylic acids is 1. The normalized spacial score (nSPS) is 16.9. The molecule has 5 N–H and O–H groups in total. The van der Waals surface area contributed by atoms with Gasteiger partial charge in [-0.15, -0.1) is 0 Å². The highest BCUT2D eigenvalue weighted by molar-refractivity contribution is 7.85. The van der Waals surface area contributed by atoms with Crippen molar-refractivity contribution in [2.24, 2.45) is 11.1 Å². The van der Waals surface area contributed by atoms with Crippen molar-refractivity contribution in [2.45, 2.75) is 46.2 Å². The number of carbonyl (C=O) groups is 1. The number of hydrogen-bond donors (Lipinski definition) is 4. The Morgan fingerprint density at radius 1 is 1.16 bits per heavy atom. The Hall–Kier alpha value is -2.06. The summed E-state index contributed by atoms with van der Waals surface area (Å²) < 4.78 is 51.7. The van der Waals surface area contributed by atoms with Crippen LogP contribution in [0.15, 0.2) is 18.3 Å². The van der Waals surface area contributed by atoms with Crippen molar-refractivity contribution in [3.05, 3.63) is 29.5 Å². The molecule has 0 radical (unpaired) electrons. The molecular weight excluding hydrogens is 460 g/mol. The van der Waals surface area contributed by atoms with Crippen LogP contribution in [0.25, 0.3) is 10.9 Å². The summed E-state index contributed by atoms with van der Waals surface area (Å²) in [5.74, 6) is 0.0529. The minimum absolute atomic E-state index is 0.0529. The Morgan fingerprint density at radius 3 is 2.19 bits per heavy atom. The van der Waals surface area contributed by atoms with Crippen LogP contribution >= 0.6 is 0 Å². The fourth-order valence-electron chi connectivity index (χ4n) is 2.99. The number of amides is 1. The van der Waals surface area contributed by atoms with E-state index in [1.807, 2.05) is 17.2 Å². The summed E-state index contributed by atoms with van der Waals surface area (Å²) in [6.07, 6.45) is 4.83. The first kappa shape index (κ1) is 28.0. The molecule has 182 valence electrons. The molecular formula is C19H32N4O7S2. The van der Waals surface area contributed by atoms with E-state index in [-0.39, 0.29) is 11.3 Å². The van der Waals surface area contributed by atoms with Crippen LogP contribution in [0.2, 0.25) is 0 Å². The molecule has 0 saturated carbocycles. The average Bonchev–Trinajstić information content (AvgIpc) is 3.00. The molecule has 0 saturated heterocycles. The molecule has 1 amide bonds. The summed E-state index contributed by atoms with van der Waals surface area (Å²) >= 11 is 0. The third kappa shape index (κ3) is 11.0. The third-order valence-electron chi connectivity index (χ3n) is 4.38. The minimum Gasteiger partial charge on any atom is -0.337 e. The topological polar surface area (TPSA) is 184 Å². The molecule has 32 heavy (non-hydrogen) atoms. The first-order chi connectivity index (χ1) is 14.3. The average molecular weight is 493 g/mol. The van der Waals surface area contributed by atoms with Crippen molar-refractivity contribution < 1.29 is 30.7 Å². The summed E-state index contributed by atoms with van der Waals surface area (Å²) in [5, 5.41) is 8.22. The van der Waals surface area contributed by atoms with Gasteiger partial charge >= 0.3 is 0 Å². The lowest BCUT2D eigenvalue weighted by Gasteiger charge is -2.27. The lowest BCUT2D eigenvalue weighted by Crippen LogP contribution is -2.43. The predicted octanol–water partition coefficient (Wildman–Crippen LogP) is 1.22. The molecule has 1 atom stereocenters. The van der Waals surface area contributed by atoms with Gasteiger partial charge in [0.25, 0.3) is 20.2 Å². The van der Waals surface area contributed by atoms with E-state index in [0.717, 1.165) is 29.4 Å². The number of nitrogens with one attached hydrogen (secondary N) is 1. The summed E-state index contributed by atoms with van der Waals surface area (Å²) in [6.45, 7) is 7.94. The van der Waals surface area contributed by atoms with Crippen LogP contribution in [-0.4, -0.2) is 72.0 Å².